The van der Waals surface area contributed by atoms with Gasteiger partial charge in [-0.2, -0.15) is 0 Å². The molecule has 0 unspecified atom stereocenters. The van der Waals surface area contributed by atoms with Crippen molar-refractivity contribution in [1.82, 2.24) is 4.90 Å². The fourth-order valence-electron chi connectivity index (χ4n) is 3.01. The van der Waals surface area contributed by atoms with Gasteiger partial charge in [-0.25, -0.2) is 0 Å². The van der Waals surface area contributed by atoms with Gasteiger partial charge in [0, 0.05) is 25.6 Å². The van der Waals surface area contributed by atoms with Gasteiger partial charge >= 0.3 is 5.97 Å². The Labute approximate surface area is 161 Å². The summed E-state index contributed by atoms with van der Waals surface area (Å²) in [7, 11) is 3.50. The van der Waals surface area contributed by atoms with Crippen molar-refractivity contribution in [2.75, 3.05) is 20.7 Å². The van der Waals surface area contributed by atoms with Crippen molar-refractivity contribution < 1.29 is 14.6 Å². The molecular formula is C22H28N2O3. The van der Waals surface area contributed by atoms with Crippen LogP contribution in [0.5, 0.6) is 5.75 Å². The molecule has 0 amide bonds. The molecule has 144 valence electrons. The van der Waals surface area contributed by atoms with E-state index >= 15 is 0 Å². The molecule has 0 heterocycles. The highest BCUT2D eigenvalue weighted by Crippen LogP contribution is 2.28. The minimum absolute atomic E-state index is 0.0657. The monoisotopic (exact) mass is 368 g/mol. The van der Waals surface area contributed by atoms with Crippen LogP contribution in [0.25, 0.3) is 11.1 Å². The smallest absolute Gasteiger partial charge is 0.307 e. The van der Waals surface area contributed by atoms with Crippen LogP contribution in [0.15, 0.2) is 42.5 Å². The Bertz CT molecular complexity index is 802. The molecule has 0 aromatic heterocycles. The van der Waals surface area contributed by atoms with Gasteiger partial charge in [0.1, 0.15) is 5.75 Å². The molecule has 0 atom stereocenters. The Balaban J connectivity index is 2.12. The van der Waals surface area contributed by atoms with Crippen LogP contribution in [0.3, 0.4) is 0 Å². The molecule has 2 aromatic rings. The lowest BCUT2D eigenvalue weighted by Gasteiger charge is -2.17. The van der Waals surface area contributed by atoms with Crippen LogP contribution in [-0.2, 0) is 17.6 Å². The standard InChI is InChI=1S/C22H28N2O3/c1-4-24(2)21(23)10-6-8-16-7-5-9-17(13-16)18-11-12-20(27-3)19(14-18)15-22(25)26/h5,7,9,11-14,23H,4,6,8,10,15H2,1-3H3,(H,25,26). The number of aliphatic carboxylic acids is 1. The van der Waals surface area contributed by atoms with Crippen molar-refractivity contribution in [3.8, 4) is 16.9 Å². The van der Waals surface area contributed by atoms with Crippen LogP contribution in [-0.4, -0.2) is 42.5 Å². The molecule has 0 spiro atoms. The molecule has 2 aromatic carbocycles. The summed E-state index contributed by atoms with van der Waals surface area (Å²) in [6.07, 6.45) is 2.54. The lowest BCUT2D eigenvalue weighted by Crippen LogP contribution is -2.25. The molecule has 0 saturated carbocycles. The summed E-state index contributed by atoms with van der Waals surface area (Å²) in [6, 6.07) is 13.9. The number of amidine groups is 1. The van der Waals surface area contributed by atoms with Gasteiger partial charge in [-0.15, -0.1) is 0 Å². The fourth-order valence-corrected chi connectivity index (χ4v) is 3.01. The molecule has 0 aliphatic carbocycles. The lowest BCUT2D eigenvalue weighted by atomic mass is 9.98. The first-order chi connectivity index (χ1) is 12.9. The maximum Gasteiger partial charge on any atom is 0.307 e. The van der Waals surface area contributed by atoms with Gasteiger partial charge in [-0.05, 0) is 48.6 Å². The highest BCUT2D eigenvalue weighted by Gasteiger charge is 2.10. The first kappa shape index (κ1) is 20.5. The molecule has 5 heteroatoms. The SMILES string of the molecule is CCN(C)C(=N)CCCc1cccc(-c2ccc(OC)c(CC(=O)O)c2)c1. The van der Waals surface area contributed by atoms with Gasteiger partial charge < -0.3 is 14.7 Å². The van der Waals surface area contributed by atoms with Crippen molar-refractivity contribution in [3.05, 3.63) is 53.6 Å². The number of carboxylic acids is 1. The van der Waals surface area contributed by atoms with Crippen molar-refractivity contribution in [1.29, 1.82) is 5.41 Å². The molecule has 0 fully saturated rings. The van der Waals surface area contributed by atoms with E-state index in [0.29, 0.717) is 17.1 Å². The fraction of sp³-hybridized carbons (Fsp3) is 0.364. The van der Waals surface area contributed by atoms with Gasteiger partial charge in [0.2, 0.25) is 0 Å². The maximum atomic E-state index is 11.1. The molecule has 0 saturated heterocycles. The summed E-state index contributed by atoms with van der Waals surface area (Å²) in [6.45, 7) is 2.90. The van der Waals surface area contributed by atoms with Crippen LogP contribution >= 0.6 is 0 Å². The Kier molecular flexibility index (Phi) is 7.41. The number of hydrogen-bond acceptors (Lipinski definition) is 3. The third-order valence-corrected chi connectivity index (χ3v) is 4.70. The number of aryl methyl sites for hydroxylation is 1. The van der Waals surface area contributed by atoms with Crippen molar-refractivity contribution >= 4 is 11.8 Å². The van der Waals surface area contributed by atoms with E-state index in [-0.39, 0.29) is 6.42 Å². The van der Waals surface area contributed by atoms with Crippen LogP contribution in [0.2, 0.25) is 0 Å². The van der Waals surface area contributed by atoms with E-state index in [2.05, 4.69) is 12.1 Å². The predicted molar refractivity (Wildman–Crippen MR) is 109 cm³/mol. The van der Waals surface area contributed by atoms with Gasteiger partial charge in [0.05, 0.1) is 19.4 Å². The zero-order valence-corrected chi connectivity index (χ0v) is 16.3. The molecule has 27 heavy (non-hydrogen) atoms. The number of carboxylic acid groups (broad SMARTS) is 1. The van der Waals surface area contributed by atoms with Gasteiger partial charge in [0.25, 0.3) is 0 Å². The Morgan fingerprint density at radius 2 is 1.93 bits per heavy atom. The quantitative estimate of drug-likeness (QED) is 0.513. The molecule has 0 aliphatic rings. The second kappa shape index (κ2) is 9.76. The topological polar surface area (TPSA) is 73.6 Å². The molecule has 0 aliphatic heterocycles. The summed E-state index contributed by atoms with van der Waals surface area (Å²) < 4.78 is 5.28. The number of carbonyl (C=O) groups is 1. The first-order valence-corrected chi connectivity index (χ1v) is 9.21. The van der Waals surface area contributed by atoms with Crippen molar-refractivity contribution in [2.24, 2.45) is 0 Å². The van der Waals surface area contributed by atoms with E-state index in [1.807, 2.05) is 49.2 Å². The molecule has 0 bridgehead atoms. The second-order valence-electron chi connectivity index (χ2n) is 6.61. The van der Waals surface area contributed by atoms with E-state index < -0.39 is 5.97 Å². The minimum atomic E-state index is -0.876. The van der Waals surface area contributed by atoms with Gasteiger partial charge in [0.15, 0.2) is 0 Å². The second-order valence-corrected chi connectivity index (χ2v) is 6.61. The van der Waals surface area contributed by atoms with Gasteiger partial charge in [-0.1, -0.05) is 30.3 Å². The number of methoxy groups -OCH3 is 1. The number of ether oxygens (including phenoxy) is 1. The molecule has 5 nitrogen and oxygen atoms in total. The lowest BCUT2D eigenvalue weighted by molar-refractivity contribution is -0.136. The third-order valence-electron chi connectivity index (χ3n) is 4.70. The first-order valence-electron chi connectivity index (χ1n) is 9.21. The Hall–Kier alpha value is -2.82. The minimum Gasteiger partial charge on any atom is -0.496 e. The molecular weight excluding hydrogens is 340 g/mol. The highest BCUT2D eigenvalue weighted by molar-refractivity contribution is 5.78. The zero-order chi connectivity index (χ0) is 19.8. The zero-order valence-electron chi connectivity index (χ0n) is 16.3. The Morgan fingerprint density at radius 3 is 2.59 bits per heavy atom. The van der Waals surface area contributed by atoms with Crippen molar-refractivity contribution in [2.45, 2.75) is 32.6 Å². The van der Waals surface area contributed by atoms with Crippen LogP contribution in [0, 0.1) is 5.41 Å². The van der Waals surface area contributed by atoms with E-state index in [4.69, 9.17) is 15.3 Å². The highest BCUT2D eigenvalue weighted by atomic mass is 16.5. The number of rotatable bonds is 9. The third kappa shape index (κ3) is 5.84. The predicted octanol–water partition coefficient (Wildman–Crippen LogP) is 4.24. The number of nitrogens with one attached hydrogen (secondary N) is 1. The number of nitrogens with zero attached hydrogens (tertiary/aromatic N) is 1. The normalized spacial score (nSPS) is 10.5. The largest absolute Gasteiger partial charge is 0.496 e. The maximum absolute atomic E-state index is 11.1. The average molecular weight is 368 g/mol. The molecule has 2 rings (SSSR count). The van der Waals surface area contributed by atoms with Crippen molar-refractivity contribution in [3.63, 3.8) is 0 Å². The number of hydrogen-bond donors (Lipinski definition) is 2. The van der Waals surface area contributed by atoms with E-state index in [9.17, 15) is 4.79 Å². The van der Waals surface area contributed by atoms with Crippen LogP contribution in [0.4, 0.5) is 0 Å². The average Bonchev–Trinajstić information content (AvgIpc) is 2.67. The van der Waals surface area contributed by atoms with Gasteiger partial charge in [-0.3, -0.25) is 10.2 Å². The van der Waals surface area contributed by atoms with E-state index in [0.717, 1.165) is 36.9 Å². The van der Waals surface area contributed by atoms with Crippen LogP contribution < -0.4 is 4.74 Å². The number of benzene rings is 2. The van der Waals surface area contributed by atoms with E-state index in [1.54, 1.807) is 7.11 Å². The Morgan fingerprint density at radius 1 is 1.19 bits per heavy atom. The summed E-state index contributed by atoms with van der Waals surface area (Å²) in [5.41, 5.74) is 3.92. The summed E-state index contributed by atoms with van der Waals surface area (Å²) >= 11 is 0. The van der Waals surface area contributed by atoms with E-state index in [1.165, 1.54) is 5.56 Å². The van der Waals surface area contributed by atoms with Crippen LogP contribution in [0.1, 0.15) is 30.9 Å². The summed E-state index contributed by atoms with van der Waals surface area (Å²) in [4.78, 5) is 13.1. The molecule has 0 radical (unpaired) electrons. The molecule has 2 N–H and O–H groups in total. The summed E-state index contributed by atoms with van der Waals surface area (Å²) in [5, 5.41) is 17.1. The summed E-state index contributed by atoms with van der Waals surface area (Å²) in [5.74, 6) is 0.386.